The van der Waals surface area contributed by atoms with E-state index in [0.717, 1.165) is 21.9 Å². The molecule has 0 aromatic carbocycles. The van der Waals surface area contributed by atoms with Crippen LogP contribution in [-0.2, 0) is 6.42 Å². The van der Waals surface area contributed by atoms with Crippen LogP contribution in [0.15, 0.2) is 44.9 Å². The minimum atomic E-state index is 0.725. The summed E-state index contributed by atoms with van der Waals surface area (Å²) in [6.07, 6.45) is 5.92. The van der Waals surface area contributed by atoms with Gasteiger partial charge in [-0.2, -0.15) is 0 Å². The van der Waals surface area contributed by atoms with Gasteiger partial charge in [0, 0.05) is 28.6 Å². The molecule has 4 heteroatoms. The van der Waals surface area contributed by atoms with Crippen molar-refractivity contribution in [3.8, 4) is 0 Å². The van der Waals surface area contributed by atoms with Crippen molar-refractivity contribution in [3.63, 3.8) is 0 Å². The van der Waals surface area contributed by atoms with E-state index in [-0.39, 0.29) is 0 Å². The fraction of sp³-hybridized carbons (Fsp3) is 0.0909. The summed E-state index contributed by atoms with van der Waals surface area (Å²) in [5.41, 5.74) is 1.03. The molecule has 0 saturated heterocycles. The van der Waals surface area contributed by atoms with E-state index < -0.39 is 0 Å². The normalized spacial score (nSPS) is 10.5. The molecule has 1 aromatic heterocycles. The van der Waals surface area contributed by atoms with Crippen LogP contribution in [0.5, 0.6) is 0 Å². The smallest absolute Gasteiger partial charge is 0.0580 e. The lowest BCUT2D eigenvalue weighted by molar-refractivity contribution is 1.04. The lowest BCUT2D eigenvalue weighted by Crippen LogP contribution is -1.90. The molecule has 2 nitrogen and oxygen atoms in total. The van der Waals surface area contributed by atoms with Crippen LogP contribution in [0.2, 0.25) is 0 Å². The van der Waals surface area contributed by atoms with Crippen molar-refractivity contribution in [2.24, 2.45) is 0 Å². The molecule has 1 rings (SSSR count). The summed E-state index contributed by atoms with van der Waals surface area (Å²) in [4.78, 5) is 6.11. The molecule has 1 aromatic rings. The molecule has 0 fully saturated rings. The van der Waals surface area contributed by atoms with Gasteiger partial charge >= 0.3 is 0 Å². The van der Waals surface area contributed by atoms with Crippen molar-refractivity contribution in [3.05, 3.63) is 45.7 Å². The standard InChI is InChI=1S/C11H11IN2S/c1-9(8-13)15-11-5-3-7-14-10(11)4-2-6-12/h2-3,5-8,13H,1,4H2/b6-2-,13-8?. The van der Waals surface area contributed by atoms with Crippen LogP contribution in [0.3, 0.4) is 0 Å². The number of halogens is 1. The van der Waals surface area contributed by atoms with Gasteiger partial charge in [-0.05, 0) is 16.2 Å². The lowest BCUT2D eigenvalue weighted by Gasteiger charge is -2.04. The predicted octanol–water partition coefficient (Wildman–Crippen LogP) is 3.83. The van der Waals surface area contributed by atoms with Crippen molar-refractivity contribution in [2.75, 3.05) is 0 Å². The van der Waals surface area contributed by atoms with Crippen LogP contribution in [0.4, 0.5) is 0 Å². The van der Waals surface area contributed by atoms with Gasteiger partial charge in [0.1, 0.15) is 0 Å². The molecule has 0 radical (unpaired) electrons. The topological polar surface area (TPSA) is 36.7 Å². The molecule has 0 amide bonds. The van der Waals surface area contributed by atoms with Gasteiger partial charge in [0.15, 0.2) is 0 Å². The molecule has 0 aliphatic heterocycles. The summed E-state index contributed by atoms with van der Waals surface area (Å²) in [6.45, 7) is 3.76. The summed E-state index contributed by atoms with van der Waals surface area (Å²) < 4.78 is 1.98. The molecule has 0 aliphatic carbocycles. The second-order valence-corrected chi connectivity index (χ2v) is 4.61. The average molecular weight is 330 g/mol. The van der Waals surface area contributed by atoms with Gasteiger partial charge in [0.2, 0.25) is 0 Å². The first-order valence-corrected chi connectivity index (χ1v) is 6.40. The highest BCUT2D eigenvalue weighted by Crippen LogP contribution is 2.26. The fourth-order valence-corrected chi connectivity index (χ4v) is 1.99. The Bertz CT molecular complexity index is 388. The quantitative estimate of drug-likeness (QED) is 0.506. The SMILES string of the molecule is C=C(C=N)Sc1cccnc1C/C=C\I. The van der Waals surface area contributed by atoms with Gasteiger partial charge in [-0.3, -0.25) is 4.98 Å². The van der Waals surface area contributed by atoms with E-state index in [1.165, 1.54) is 18.0 Å². The molecule has 78 valence electrons. The van der Waals surface area contributed by atoms with E-state index in [1.807, 2.05) is 16.2 Å². The Balaban J connectivity index is 2.85. The largest absolute Gasteiger partial charge is 0.308 e. The number of hydrogen-bond donors (Lipinski definition) is 1. The Labute approximate surface area is 108 Å². The molecular weight excluding hydrogens is 319 g/mol. The number of nitrogens with zero attached hydrogens (tertiary/aromatic N) is 1. The number of allylic oxidation sites excluding steroid dienone is 2. The van der Waals surface area contributed by atoms with Crippen molar-refractivity contribution >= 4 is 40.6 Å². The highest BCUT2D eigenvalue weighted by molar-refractivity contribution is 14.1. The van der Waals surface area contributed by atoms with Crippen LogP contribution in [-0.4, -0.2) is 11.2 Å². The van der Waals surface area contributed by atoms with Gasteiger partial charge in [-0.1, -0.05) is 47.0 Å². The van der Waals surface area contributed by atoms with E-state index in [9.17, 15) is 0 Å². The van der Waals surface area contributed by atoms with Crippen LogP contribution >= 0.6 is 34.4 Å². The zero-order valence-electron chi connectivity index (χ0n) is 8.11. The Morgan fingerprint density at radius 3 is 3.13 bits per heavy atom. The predicted molar refractivity (Wildman–Crippen MR) is 74.9 cm³/mol. The highest BCUT2D eigenvalue weighted by Gasteiger charge is 2.03. The first kappa shape index (κ1) is 12.4. The van der Waals surface area contributed by atoms with E-state index >= 15 is 0 Å². The molecule has 15 heavy (non-hydrogen) atoms. The second-order valence-electron chi connectivity index (χ2n) is 2.73. The molecule has 1 heterocycles. The van der Waals surface area contributed by atoms with E-state index in [0.29, 0.717) is 0 Å². The number of aromatic nitrogens is 1. The third-order valence-electron chi connectivity index (χ3n) is 1.65. The Morgan fingerprint density at radius 1 is 1.67 bits per heavy atom. The Kier molecular flexibility index (Phi) is 5.63. The van der Waals surface area contributed by atoms with E-state index in [1.54, 1.807) is 6.20 Å². The van der Waals surface area contributed by atoms with Crippen molar-refractivity contribution in [1.29, 1.82) is 5.41 Å². The fourth-order valence-electron chi connectivity index (χ4n) is 0.996. The number of rotatable bonds is 5. The zero-order chi connectivity index (χ0) is 11.1. The summed E-state index contributed by atoms with van der Waals surface area (Å²) in [7, 11) is 0. The average Bonchev–Trinajstić information content (AvgIpc) is 2.28. The molecular formula is C11H11IN2S. The highest BCUT2D eigenvalue weighted by atomic mass is 127. The third kappa shape index (κ3) is 4.17. The number of thioether (sulfide) groups is 1. The van der Waals surface area contributed by atoms with Crippen molar-refractivity contribution < 1.29 is 0 Å². The summed E-state index contributed by atoms with van der Waals surface area (Å²) >= 11 is 3.67. The van der Waals surface area contributed by atoms with Gasteiger partial charge in [-0.15, -0.1) is 0 Å². The maximum Gasteiger partial charge on any atom is 0.0580 e. The zero-order valence-corrected chi connectivity index (χ0v) is 11.1. The molecule has 0 saturated carbocycles. The minimum absolute atomic E-state index is 0.725. The molecule has 1 N–H and O–H groups in total. The number of nitrogens with one attached hydrogen (secondary N) is 1. The Morgan fingerprint density at radius 2 is 2.47 bits per heavy atom. The maximum absolute atomic E-state index is 7.09. The number of hydrogen-bond acceptors (Lipinski definition) is 3. The minimum Gasteiger partial charge on any atom is -0.308 e. The van der Waals surface area contributed by atoms with Crippen LogP contribution < -0.4 is 0 Å². The molecule has 0 unspecified atom stereocenters. The summed E-state index contributed by atoms with van der Waals surface area (Å²) in [5.74, 6) is 0. The van der Waals surface area contributed by atoms with Crippen molar-refractivity contribution in [1.82, 2.24) is 4.98 Å². The summed E-state index contributed by atoms with van der Waals surface area (Å²) in [6, 6.07) is 3.90. The lowest BCUT2D eigenvalue weighted by atomic mass is 10.3. The second kappa shape index (κ2) is 6.79. The molecule has 0 spiro atoms. The molecule has 0 aliphatic rings. The third-order valence-corrected chi connectivity index (χ3v) is 3.13. The van der Waals surface area contributed by atoms with E-state index in [2.05, 4.69) is 40.2 Å². The first-order valence-electron chi connectivity index (χ1n) is 4.34. The Hall–Kier alpha value is -0.620. The van der Waals surface area contributed by atoms with Gasteiger partial charge in [0.25, 0.3) is 0 Å². The van der Waals surface area contributed by atoms with Crippen LogP contribution in [0, 0.1) is 5.41 Å². The monoisotopic (exact) mass is 330 g/mol. The van der Waals surface area contributed by atoms with Gasteiger partial charge < -0.3 is 5.41 Å². The maximum atomic E-state index is 7.09. The van der Waals surface area contributed by atoms with Crippen molar-refractivity contribution in [2.45, 2.75) is 11.3 Å². The summed E-state index contributed by atoms with van der Waals surface area (Å²) in [5, 5.41) is 7.09. The van der Waals surface area contributed by atoms with Gasteiger partial charge in [0.05, 0.1) is 5.69 Å². The van der Waals surface area contributed by atoms with Crippen LogP contribution in [0.1, 0.15) is 5.69 Å². The van der Waals surface area contributed by atoms with Crippen LogP contribution in [0.25, 0.3) is 0 Å². The van der Waals surface area contributed by atoms with Gasteiger partial charge in [-0.25, -0.2) is 0 Å². The van der Waals surface area contributed by atoms with E-state index in [4.69, 9.17) is 5.41 Å². The molecule has 0 bridgehead atoms. The first-order chi connectivity index (χ1) is 7.27. The number of pyridine rings is 1. The molecule has 0 atom stereocenters.